The number of thioether (sulfide) groups is 1. The Morgan fingerprint density at radius 3 is 2.62 bits per heavy atom. The van der Waals surface area contributed by atoms with Crippen molar-refractivity contribution in [2.75, 3.05) is 4.90 Å². The number of para-hydroxylation sites is 2. The van der Waals surface area contributed by atoms with Crippen LogP contribution >= 0.6 is 23.1 Å². The zero-order valence-corrected chi connectivity index (χ0v) is 15.0. The summed E-state index contributed by atoms with van der Waals surface area (Å²) in [5.74, 6) is -0.392. The molecule has 4 aromatic rings. The normalized spacial score (nSPS) is 17.7. The number of aromatic nitrogens is 3. The molecule has 1 saturated heterocycles. The van der Waals surface area contributed by atoms with Crippen LogP contribution in [0.15, 0.2) is 59.8 Å². The average Bonchev–Trinajstić information content (AvgIpc) is 3.29. The Bertz CT molecular complexity index is 1150. The van der Waals surface area contributed by atoms with Crippen LogP contribution in [0.2, 0.25) is 0 Å². The van der Waals surface area contributed by atoms with E-state index in [0.717, 1.165) is 15.2 Å². The van der Waals surface area contributed by atoms with Gasteiger partial charge in [0.15, 0.2) is 5.16 Å². The van der Waals surface area contributed by atoms with Crippen molar-refractivity contribution >= 4 is 55.8 Å². The largest absolute Gasteiger partial charge is 0.274 e. The second kappa shape index (κ2) is 5.93. The Balaban J connectivity index is 1.50. The van der Waals surface area contributed by atoms with Crippen molar-refractivity contribution in [3.63, 3.8) is 0 Å². The van der Waals surface area contributed by atoms with E-state index in [-0.39, 0.29) is 18.2 Å². The van der Waals surface area contributed by atoms with Crippen LogP contribution in [0.1, 0.15) is 6.42 Å². The Hall–Kier alpha value is -2.71. The van der Waals surface area contributed by atoms with Gasteiger partial charge in [0, 0.05) is 6.42 Å². The third kappa shape index (κ3) is 2.33. The smallest absolute Gasteiger partial charge is 0.247 e. The van der Waals surface area contributed by atoms with Crippen molar-refractivity contribution in [3.05, 3.63) is 54.6 Å². The molecule has 128 valence electrons. The molecule has 0 bridgehead atoms. The lowest BCUT2D eigenvalue weighted by Crippen LogP contribution is -2.31. The zero-order valence-electron chi connectivity index (χ0n) is 13.4. The molecule has 1 aliphatic rings. The summed E-state index contributed by atoms with van der Waals surface area (Å²) in [6.45, 7) is 0. The summed E-state index contributed by atoms with van der Waals surface area (Å²) in [6.07, 6.45) is 0.162. The summed E-state index contributed by atoms with van der Waals surface area (Å²) >= 11 is 2.85. The van der Waals surface area contributed by atoms with Crippen LogP contribution in [-0.4, -0.2) is 31.7 Å². The first kappa shape index (κ1) is 15.5. The minimum absolute atomic E-state index is 0.162. The number of hydrogen-bond donors (Lipinski definition) is 0. The molecule has 0 aliphatic carbocycles. The zero-order chi connectivity index (χ0) is 17.7. The molecule has 6 nitrogen and oxygen atoms in total. The molecule has 1 aliphatic heterocycles. The van der Waals surface area contributed by atoms with E-state index in [1.54, 1.807) is 23.5 Å². The van der Waals surface area contributed by atoms with E-state index in [2.05, 4.69) is 10.2 Å². The maximum atomic E-state index is 12.8. The molecule has 0 unspecified atom stereocenters. The molecular weight excluding hydrogens is 368 g/mol. The number of benzene rings is 2. The first-order valence-corrected chi connectivity index (χ1v) is 9.73. The molecule has 26 heavy (non-hydrogen) atoms. The molecule has 1 atom stereocenters. The van der Waals surface area contributed by atoms with Crippen LogP contribution in [0.5, 0.6) is 0 Å². The number of anilines is 1. The molecular formula is C18H12N4O2S2. The highest BCUT2D eigenvalue weighted by Gasteiger charge is 2.41. The van der Waals surface area contributed by atoms with Crippen LogP contribution in [0.25, 0.3) is 15.2 Å². The first-order chi connectivity index (χ1) is 12.7. The summed E-state index contributed by atoms with van der Waals surface area (Å²) in [7, 11) is 0. The minimum Gasteiger partial charge on any atom is -0.274 e. The number of hydrogen-bond acceptors (Lipinski definition) is 6. The lowest BCUT2D eigenvalue weighted by atomic mass is 10.3. The summed E-state index contributed by atoms with van der Waals surface area (Å²) in [5, 5.41) is 8.60. The highest BCUT2D eigenvalue weighted by atomic mass is 32.2. The number of thiazole rings is 1. The number of amides is 2. The van der Waals surface area contributed by atoms with Crippen LogP contribution in [0, 0.1) is 0 Å². The minimum atomic E-state index is -0.492. The molecule has 0 N–H and O–H groups in total. The average molecular weight is 380 g/mol. The van der Waals surface area contributed by atoms with Gasteiger partial charge in [-0.15, -0.1) is 10.2 Å². The fourth-order valence-corrected chi connectivity index (χ4v) is 5.19. The quantitative estimate of drug-likeness (QED) is 0.510. The third-order valence-electron chi connectivity index (χ3n) is 4.28. The van der Waals surface area contributed by atoms with Gasteiger partial charge in [0.25, 0.3) is 0 Å². The van der Waals surface area contributed by atoms with Crippen molar-refractivity contribution in [2.24, 2.45) is 0 Å². The predicted octanol–water partition coefficient (Wildman–Crippen LogP) is 3.37. The topological polar surface area (TPSA) is 67.6 Å². The van der Waals surface area contributed by atoms with Crippen molar-refractivity contribution < 1.29 is 9.59 Å². The van der Waals surface area contributed by atoms with E-state index in [9.17, 15) is 9.59 Å². The Labute approximate surface area is 156 Å². The standard InChI is InChI=1S/C18H12N4O2S2/c23-15-10-14(16(24)21(15)11-6-2-1-3-7-11)26-18-20-19-17-22(18)12-8-4-5-9-13(12)25-17/h1-9,14H,10H2/t14-/m0/s1. The van der Waals surface area contributed by atoms with E-state index in [1.807, 2.05) is 46.9 Å². The summed E-state index contributed by atoms with van der Waals surface area (Å²) in [5.41, 5.74) is 1.62. The molecule has 2 aromatic heterocycles. The highest BCUT2D eigenvalue weighted by Crippen LogP contribution is 2.36. The van der Waals surface area contributed by atoms with Gasteiger partial charge in [-0.25, -0.2) is 4.90 Å². The van der Waals surface area contributed by atoms with Crippen LogP contribution in [-0.2, 0) is 9.59 Å². The van der Waals surface area contributed by atoms with Crippen LogP contribution < -0.4 is 4.90 Å². The fraction of sp³-hybridized carbons (Fsp3) is 0.111. The lowest BCUT2D eigenvalue weighted by Gasteiger charge is -2.14. The molecule has 0 spiro atoms. The van der Waals surface area contributed by atoms with Gasteiger partial charge in [-0.2, -0.15) is 0 Å². The van der Waals surface area contributed by atoms with Crippen molar-refractivity contribution in [3.8, 4) is 0 Å². The van der Waals surface area contributed by atoms with E-state index in [4.69, 9.17) is 0 Å². The highest BCUT2D eigenvalue weighted by molar-refractivity contribution is 8.00. The molecule has 1 fully saturated rings. The Morgan fingerprint density at radius 1 is 1.00 bits per heavy atom. The monoisotopic (exact) mass is 380 g/mol. The fourth-order valence-electron chi connectivity index (χ4n) is 3.10. The molecule has 2 amide bonds. The molecule has 2 aromatic carbocycles. The van der Waals surface area contributed by atoms with E-state index in [0.29, 0.717) is 10.8 Å². The van der Waals surface area contributed by atoms with Crippen LogP contribution in [0.4, 0.5) is 5.69 Å². The van der Waals surface area contributed by atoms with Gasteiger partial charge < -0.3 is 0 Å². The van der Waals surface area contributed by atoms with Gasteiger partial charge >= 0.3 is 0 Å². The third-order valence-corrected chi connectivity index (χ3v) is 6.42. The van der Waals surface area contributed by atoms with Crippen molar-refractivity contribution in [1.29, 1.82) is 0 Å². The predicted molar refractivity (Wildman–Crippen MR) is 102 cm³/mol. The maximum absolute atomic E-state index is 12.8. The number of carbonyl (C=O) groups excluding carboxylic acids is 2. The molecule has 0 radical (unpaired) electrons. The summed E-state index contributed by atoms with van der Waals surface area (Å²) in [4.78, 5) is 27.3. The van der Waals surface area contributed by atoms with E-state index < -0.39 is 5.25 Å². The summed E-state index contributed by atoms with van der Waals surface area (Å²) in [6, 6.07) is 17.0. The Morgan fingerprint density at radius 2 is 1.77 bits per heavy atom. The summed E-state index contributed by atoms with van der Waals surface area (Å²) < 4.78 is 3.06. The molecule has 0 saturated carbocycles. The van der Waals surface area contributed by atoms with E-state index in [1.165, 1.54) is 16.7 Å². The molecule has 8 heteroatoms. The van der Waals surface area contributed by atoms with Gasteiger partial charge in [-0.1, -0.05) is 53.4 Å². The first-order valence-electron chi connectivity index (χ1n) is 8.03. The molecule has 3 heterocycles. The van der Waals surface area contributed by atoms with Crippen LogP contribution in [0.3, 0.4) is 0 Å². The van der Waals surface area contributed by atoms with Crippen molar-refractivity contribution in [1.82, 2.24) is 14.6 Å². The maximum Gasteiger partial charge on any atom is 0.247 e. The van der Waals surface area contributed by atoms with Gasteiger partial charge in [-0.05, 0) is 24.3 Å². The van der Waals surface area contributed by atoms with Gasteiger partial charge in [0.05, 0.1) is 15.9 Å². The Kier molecular flexibility index (Phi) is 3.54. The second-order valence-electron chi connectivity index (χ2n) is 5.88. The van der Waals surface area contributed by atoms with Gasteiger partial charge in [0.2, 0.25) is 16.8 Å². The van der Waals surface area contributed by atoms with Gasteiger partial charge in [-0.3, -0.25) is 14.0 Å². The number of rotatable bonds is 3. The lowest BCUT2D eigenvalue weighted by molar-refractivity contribution is -0.121. The number of fused-ring (bicyclic) bond motifs is 3. The number of carbonyl (C=O) groups is 2. The van der Waals surface area contributed by atoms with E-state index >= 15 is 0 Å². The number of imide groups is 1. The molecule has 5 rings (SSSR count). The number of nitrogens with zero attached hydrogens (tertiary/aromatic N) is 4. The second-order valence-corrected chi connectivity index (χ2v) is 8.06. The van der Waals surface area contributed by atoms with Gasteiger partial charge in [0.1, 0.15) is 5.25 Å². The van der Waals surface area contributed by atoms with Crippen molar-refractivity contribution in [2.45, 2.75) is 16.8 Å². The SMILES string of the molecule is O=C1C[C@H](Sc2nnc3sc4ccccc4n23)C(=O)N1c1ccccc1.